The number of carbonyl (C=O) groups is 3. The molecule has 12 nitrogen and oxygen atoms in total. The van der Waals surface area contributed by atoms with E-state index in [2.05, 4.69) is 15.6 Å². The van der Waals surface area contributed by atoms with Crippen LogP contribution in [0, 0.1) is 12.3 Å². The lowest BCUT2D eigenvalue weighted by molar-refractivity contribution is -0.144. The Morgan fingerprint density at radius 2 is 1.74 bits per heavy atom. The summed E-state index contributed by atoms with van der Waals surface area (Å²) in [4.78, 5) is 46.4. The molecule has 1 fully saturated rings. The maximum Gasteiger partial charge on any atom is 0.246 e. The number of likely N-dealkylation sites (tertiary alicyclic amines) is 1. The van der Waals surface area contributed by atoms with Gasteiger partial charge in [-0.15, -0.1) is 11.3 Å². The fraction of sp³-hybridized carbons (Fsp3) is 0.600. The highest BCUT2D eigenvalue weighted by atomic mass is 32.1. The van der Waals surface area contributed by atoms with Gasteiger partial charge in [0.25, 0.3) is 0 Å². The predicted molar refractivity (Wildman–Crippen MR) is 163 cm³/mol. The normalized spacial score (nSPS) is 17.6. The van der Waals surface area contributed by atoms with Crippen LogP contribution in [0.1, 0.15) is 38.4 Å². The first-order valence-corrected chi connectivity index (χ1v) is 15.4. The van der Waals surface area contributed by atoms with Crippen molar-refractivity contribution in [1.82, 2.24) is 20.5 Å². The molecule has 13 heteroatoms. The Bertz CT molecular complexity index is 1180. The van der Waals surface area contributed by atoms with Gasteiger partial charge in [-0.2, -0.15) is 0 Å². The summed E-state index contributed by atoms with van der Waals surface area (Å²) in [5, 5.41) is 16.1. The van der Waals surface area contributed by atoms with Gasteiger partial charge in [-0.1, -0.05) is 45.0 Å². The van der Waals surface area contributed by atoms with E-state index in [4.69, 9.17) is 19.9 Å². The Morgan fingerprint density at radius 1 is 1.09 bits per heavy atom. The Balaban J connectivity index is 1.52. The molecule has 1 aliphatic heterocycles. The molecule has 1 aliphatic rings. The monoisotopic (exact) mass is 619 g/mol. The van der Waals surface area contributed by atoms with Crippen molar-refractivity contribution in [3.05, 3.63) is 41.0 Å². The lowest BCUT2D eigenvalue weighted by Crippen LogP contribution is -2.58. The molecule has 0 aliphatic carbocycles. The smallest absolute Gasteiger partial charge is 0.246 e. The van der Waals surface area contributed by atoms with E-state index in [1.54, 1.807) is 11.3 Å². The van der Waals surface area contributed by atoms with Crippen LogP contribution in [0.25, 0.3) is 10.4 Å². The molecule has 2 heterocycles. The van der Waals surface area contributed by atoms with Crippen LogP contribution in [-0.2, 0) is 35.1 Å². The molecule has 1 aromatic carbocycles. The Hall–Kier alpha value is -2.94. The minimum Gasteiger partial charge on any atom is -0.391 e. The number of rotatable bonds is 16. The number of hydrogen-bond acceptors (Lipinski definition) is 10. The van der Waals surface area contributed by atoms with E-state index in [1.165, 1.54) is 4.90 Å². The molecular formula is C30H45N5O7S. The van der Waals surface area contributed by atoms with Crippen molar-refractivity contribution >= 4 is 29.1 Å². The summed E-state index contributed by atoms with van der Waals surface area (Å²) in [6, 6.07) is 6.08. The van der Waals surface area contributed by atoms with Crippen LogP contribution in [0.3, 0.4) is 0 Å². The predicted octanol–water partition coefficient (Wildman–Crippen LogP) is 1.24. The molecule has 0 saturated carbocycles. The van der Waals surface area contributed by atoms with Gasteiger partial charge in [-0.25, -0.2) is 4.98 Å². The minimum atomic E-state index is -0.928. The quantitative estimate of drug-likeness (QED) is 0.202. The average Bonchev–Trinajstić information content (AvgIpc) is 3.58. The maximum atomic E-state index is 13.7. The van der Waals surface area contributed by atoms with Crippen LogP contribution < -0.4 is 16.4 Å². The largest absolute Gasteiger partial charge is 0.391 e. The van der Waals surface area contributed by atoms with Gasteiger partial charge in [-0.05, 0) is 23.5 Å². The number of thiazole rings is 1. The summed E-state index contributed by atoms with van der Waals surface area (Å²) in [6.45, 7) is 9.72. The van der Waals surface area contributed by atoms with Crippen LogP contribution in [-0.4, -0.2) is 104 Å². The number of amides is 3. The molecular weight excluding hydrogens is 574 g/mol. The first-order valence-electron chi connectivity index (χ1n) is 14.5. The van der Waals surface area contributed by atoms with Crippen molar-refractivity contribution in [2.45, 2.75) is 58.8 Å². The molecule has 238 valence electrons. The highest BCUT2D eigenvalue weighted by Crippen LogP contribution is 2.28. The molecule has 2 aromatic rings. The summed E-state index contributed by atoms with van der Waals surface area (Å²) >= 11 is 1.58. The third-order valence-electron chi connectivity index (χ3n) is 6.95. The van der Waals surface area contributed by atoms with Crippen LogP contribution >= 0.6 is 11.3 Å². The molecule has 0 unspecified atom stereocenters. The fourth-order valence-electron chi connectivity index (χ4n) is 4.67. The third kappa shape index (κ3) is 10.6. The zero-order chi connectivity index (χ0) is 31.4. The summed E-state index contributed by atoms with van der Waals surface area (Å²) in [5.74, 6) is -1.25. The summed E-state index contributed by atoms with van der Waals surface area (Å²) in [5.41, 5.74) is 9.44. The zero-order valence-electron chi connectivity index (χ0n) is 25.5. The van der Waals surface area contributed by atoms with Gasteiger partial charge in [0.2, 0.25) is 17.7 Å². The number of hydrogen-bond donors (Lipinski definition) is 4. The van der Waals surface area contributed by atoms with Crippen molar-refractivity contribution in [2.75, 3.05) is 52.7 Å². The topological polar surface area (TPSA) is 165 Å². The van der Waals surface area contributed by atoms with Gasteiger partial charge in [0.1, 0.15) is 18.7 Å². The summed E-state index contributed by atoms with van der Waals surface area (Å²) in [7, 11) is 0. The molecule has 0 bridgehead atoms. The maximum absolute atomic E-state index is 13.7. The number of aliphatic hydroxyl groups excluding tert-OH is 1. The molecule has 1 saturated heterocycles. The number of aryl methyl sites for hydroxylation is 1. The Labute approximate surface area is 257 Å². The highest BCUT2D eigenvalue weighted by molar-refractivity contribution is 7.13. The van der Waals surface area contributed by atoms with Crippen LogP contribution in [0.5, 0.6) is 0 Å². The number of aromatic nitrogens is 1. The van der Waals surface area contributed by atoms with Crippen molar-refractivity contribution in [1.29, 1.82) is 0 Å². The van der Waals surface area contributed by atoms with Gasteiger partial charge in [-0.3, -0.25) is 14.4 Å². The van der Waals surface area contributed by atoms with Crippen molar-refractivity contribution < 1.29 is 33.7 Å². The number of nitrogens with one attached hydrogen (secondary N) is 2. The molecule has 3 amide bonds. The van der Waals surface area contributed by atoms with Crippen LogP contribution in [0.2, 0.25) is 0 Å². The van der Waals surface area contributed by atoms with Gasteiger partial charge in [0.15, 0.2) is 0 Å². The van der Waals surface area contributed by atoms with Crippen molar-refractivity contribution in [3.8, 4) is 10.4 Å². The lowest BCUT2D eigenvalue weighted by Gasteiger charge is -2.35. The second-order valence-electron chi connectivity index (χ2n) is 11.5. The van der Waals surface area contributed by atoms with Gasteiger partial charge < -0.3 is 40.6 Å². The van der Waals surface area contributed by atoms with Crippen molar-refractivity contribution in [2.24, 2.45) is 11.1 Å². The number of nitrogens with zero attached hydrogens (tertiary/aromatic N) is 2. The Kier molecular flexibility index (Phi) is 13.5. The van der Waals surface area contributed by atoms with Gasteiger partial charge >= 0.3 is 0 Å². The molecule has 3 rings (SSSR count). The van der Waals surface area contributed by atoms with Crippen molar-refractivity contribution in [3.63, 3.8) is 0 Å². The summed E-state index contributed by atoms with van der Waals surface area (Å²) in [6.07, 6.45) is -0.728. The second-order valence-corrected chi connectivity index (χ2v) is 12.4. The number of benzene rings is 1. The molecule has 0 spiro atoms. The third-order valence-corrected chi connectivity index (χ3v) is 7.93. The van der Waals surface area contributed by atoms with Gasteiger partial charge in [0, 0.05) is 26.1 Å². The molecule has 0 radical (unpaired) electrons. The van der Waals surface area contributed by atoms with Crippen LogP contribution in [0.4, 0.5) is 0 Å². The molecule has 1 aromatic heterocycles. The first-order chi connectivity index (χ1) is 20.5. The zero-order valence-corrected chi connectivity index (χ0v) is 26.3. The summed E-state index contributed by atoms with van der Waals surface area (Å²) < 4.78 is 16.0. The van der Waals surface area contributed by atoms with Crippen LogP contribution in [0.15, 0.2) is 29.8 Å². The van der Waals surface area contributed by atoms with E-state index in [0.29, 0.717) is 33.0 Å². The number of ether oxygens (including phenoxy) is 3. The fourth-order valence-corrected chi connectivity index (χ4v) is 5.48. The number of aliphatic hydroxyl groups is 1. The second kappa shape index (κ2) is 16.8. The molecule has 43 heavy (non-hydrogen) atoms. The van der Waals surface area contributed by atoms with E-state index in [0.717, 1.165) is 21.7 Å². The van der Waals surface area contributed by atoms with E-state index in [1.807, 2.05) is 57.5 Å². The number of carbonyl (C=O) groups excluding carboxylic acids is 3. The number of nitrogens with two attached hydrogens (primary N) is 1. The molecule has 5 N–H and O–H groups in total. The lowest BCUT2D eigenvalue weighted by atomic mass is 9.85. The Morgan fingerprint density at radius 3 is 2.35 bits per heavy atom. The average molecular weight is 620 g/mol. The van der Waals surface area contributed by atoms with Gasteiger partial charge in [0.05, 0.1) is 55.2 Å². The van der Waals surface area contributed by atoms with E-state index >= 15 is 0 Å². The molecule has 3 atom stereocenters. The first kappa shape index (κ1) is 34.5. The number of β-amino-alcohol motifs (C(OH)–C–C–N with tert-alkyl or cyclic N) is 1. The minimum absolute atomic E-state index is 0.00506. The standard InChI is InChI=1S/C30H45N5O7S/c1-20-26(43-19-33-20)22-7-5-21(6-8-22)16-32-28(38)24-15-23(36)17-35(24)29(39)27(30(2,3)4)34-25(37)18-42-14-13-41-12-11-40-10-9-31/h5-8,19,23-24,27,36H,9-18,31H2,1-4H3,(H,32,38)(H,34,37)/t23-,24+,27-/m0/s1. The van der Waals surface area contributed by atoms with E-state index in [-0.39, 0.29) is 38.6 Å². The van der Waals surface area contributed by atoms with E-state index < -0.39 is 35.4 Å². The van der Waals surface area contributed by atoms with E-state index in [9.17, 15) is 19.5 Å². The highest BCUT2D eigenvalue weighted by Gasteiger charge is 2.44. The SMILES string of the molecule is Cc1ncsc1-c1ccc(CNC(=O)[C@H]2C[C@H](O)CN2C(=O)[C@H](NC(=O)COCCOCCOCCN)C(C)(C)C)cc1.